The highest BCUT2D eigenvalue weighted by molar-refractivity contribution is 9.10. The average molecular weight is 265 g/mol. The lowest BCUT2D eigenvalue weighted by molar-refractivity contribution is 0.128. The fraction of sp³-hybridized carbons (Fsp3) is 0.333. The van der Waals surface area contributed by atoms with Crippen LogP contribution in [0.25, 0.3) is 0 Å². The first kappa shape index (κ1) is 11.0. The molecular formula is C9H11BrClNO. The van der Waals surface area contributed by atoms with Crippen LogP contribution in [0.2, 0.25) is 5.02 Å². The van der Waals surface area contributed by atoms with Crippen LogP contribution in [0.3, 0.4) is 0 Å². The molecule has 0 fully saturated rings. The van der Waals surface area contributed by atoms with Crippen molar-refractivity contribution in [1.29, 1.82) is 0 Å². The van der Waals surface area contributed by atoms with Gasteiger partial charge in [0.1, 0.15) is 0 Å². The lowest BCUT2D eigenvalue weighted by atomic mass is 10.2. The summed E-state index contributed by atoms with van der Waals surface area (Å²) in [7, 11) is 0. The smallest absolute Gasteiger partial charge is 0.0731 e. The molecular weight excluding hydrogens is 253 g/mol. The number of halogens is 2. The van der Waals surface area contributed by atoms with Crippen LogP contribution < -0.4 is 5.73 Å². The van der Waals surface area contributed by atoms with Crippen LogP contribution in [0.15, 0.2) is 22.7 Å². The van der Waals surface area contributed by atoms with Crippen molar-refractivity contribution in [2.45, 2.75) is 6.61 Å². The van der Waals surface area contributed by atoms with Crippen molar-refractivity contribution in [3.63, 3.8) is 0 Å². The maximum absolute atomic E-state index is 5.97. The van der Waals surface area contributed by atoms with E-state index in [2.05, 4.69) is 15.9 Å². The van der Waals surface area contributed by atoms with Gasteiger partial charge in [-0.1, -0.05) is 33.6 Å². The minimum atomic E-state index is 0.517. The molecule has 0 heterocycles. The van der Waals surface area contributed by atoms with Crippen LogP contribution >= 0.6 is 27.5 Å². The lowest BCUT2D eigenvalue weighted by Gasteiger charge is -2.05. The van der Waals surface area contributed by atoms with E-state index in [0.29, 0.717) is 24.8 Å². The van der Waals surface area contributed by atoms with Crippen LogP contribution in [0.4, 0.5) is 0 Å². The van der Waals surface area contributed by atoms with E-state index in [1.165, 1.54) is 0 Å². The predicted octanol–water partition coefficient (Wildman–Crippen LogP) is 2.58. The topological polar surface area (TPSA) is 35.2 Å². The van der Waals surface area contributed by atoms with E-state index in [-0.39, 0.29) is 0 Å². The van der Waals surface area contributed by atoms with Crippen molar-refractivity contribution in [2.75, 3.05) is 13.2 Å². The zero-order valence-electron chi connectivity index (χ0n) is 7.09. The van der Waals surface area contributed by atoms with Crippen LogP contribution in [-0.2, 0) is 11.3 Å². The first-order valence-corrected chi connectivity index (χ1v) is 5.13. The van der Waals surface area contributed by atoms with E-state index < -0.39 is 0 Å². The maximum atomic E-state index is 5.97. The number of benzene rings is 1. The minimum absolute atomic E-state index is 0.517. The summed E-state index contributed by atoms with van der Waals surface area (Å²) in [4.78, 5) is 0. The van der Waals surface area contributed by atoms with Crippen LogP contribution in [0, 0.1) is 0 Å². The first-order valence-electron chi connectivity index (χ1n) is 3.96. The zero-order chi connectivity index (χ0) is 9.68. The van der Waals surface area contributed by atoms with Crippen molar-refractivity contribution in [3.05, 3.63) is 33.3 Å². The van der Waals surface area contributed by atoms with E-state index in [4.69, 9.17) is 22.1 Å². The Kier molecular flexibility index (Phi) is 4.73. The van der Waals surface area contributed by atoms with Gasteiger partial charge in [0.25, 0.3) is 0 Å². The molecule has 2 N–H and O–H groups in total. The molecule has 0 aliphatic carbocycles. The second-order valence-corrected chi connectivity index (χ2v) is 3.90. The molecule has 0 spiro atoms. The Balaban J connectivity index is 2.56. The minimum Gasteiger partial charge on any atom is -0.375 e. The summed E-state index contributed by atoms with van der Waals surface area (Å²) in [5.41, 5.74) is 6.27. The third kappa shape index (κ3) is 3.65. The summed E-state index contributed by atoms with van der Waals surface area (Å²) in [5, 5.41) is 0.714. The Morgan fingerprint density at radius 2 is 2.23 bits per heavy atom. The molecule has 1 rings (SSSR count). The van der Waals surface area contributed by atoms with Crippen molar-refractivity contribution in [2.24, 2.45) is 5.73 Å². The van der Waals surface area contributed by atoms with Crippen molar-refractivity contribution in [3.8, 4) is 0 Å². The summed E-state index contributed by atoms with van der Waals surface area (Å²) in [6.45, 7) is 1.61. The molecule has 4 heteroatoms. The van der Waals surface area contributed by atoms with Gasteiger partial charge in [-0.05, 0) is 17.7 Å². The molecule has 72 valence electrons. The van der Waals surface area contributed by atoms with E-state index in [1.54, 1.807) is 0 Å². The summed E-state index contributed by atoms with van der Waals surface area (Å²) < 4.78 is 6.24. The molecule has 0 unspecified atom stereocenters. The quantitative estimate of drug-likeness (QED) is 0.849. The highest BCUT2D eigenvalue weighted by atomic mass is 79.9. The summed E-state index contributed by atoms with van der Waals surface area (Å²) >= 11 is 9.30. The van der Waals surface area contributed by atoms with Crippen LogP contribution in [0.5, 0.6) is 0 Å². The number of rotatable bonds is 4. The predicted molar refractivity (Wildman–Crippen MR) is 57.9 cm³/mol. The molecule has 0 saturated carbocycles. The SMILES string of the molecule is NCCOCc1ccc(Br)cc1Cl. The molecule has 0 amide bonds. The van der Waals surface area contributed by atoms with Gasteiger partial charge < -0.3 is 10.5 Å². The van der Waals surface area contributed by atoms with Gasteiger partial charge in [-0.3, -0.25) is 0 Å². The molecule has 0 aliphatic rings. The van der Waals surface area contributed by atoms with E-state index in [9.17, 15) is 0 Å². The third-order valence-electron chi connectivity index (χ3n) is 1.53. The van der Waals surface area contributed by atoms with E-state index in [0.717, 1.165) is 10.0 Å². The molecule has 0 atom stereocenters. The van der Waals surface area contributed by atoms with E-state index in [1.807, 2.05) is 18.2 Å². The highest BCUT2D eigenvalue weighted by Gasteiger charge is 2.00. The van der Waals surface area contributed by atoms with Gasteiger partial charge in [0.15, 0.2) is 0 Å². The Bertz CT molecular complexity index is 280. The van der Waals surface area contributed by atoms with Crippen LogP contribution in [0.1, 0.15) is 5.56 Å². The molecule has 13 heavy (non-hydrogen) atoms. The molecule has 0 saturated heterocycles. The van der Waals surface area contributed by atoms with Crippen molar-refractivity contribution < 1.29 is 4.74 Å². The van der Waals surface area contributed by atoms with E-state index >= 15 is 0 Å². The molecule has 1 aromatic rings. The van der Waals surface area contributed by atoms with Gasteiger partial charge in [0.05, 0.1) is 13.2 Å². The zero-order valence-corrected chi connectivity index (χ0v) is 9.44. The summed E-state index contributed by atoms with van der Waals surface area (Å²) in [6.07, 6.45) is 0. The second kappa shape index (κ2) is 5.60. The molecule has 2 nitrogen and oxygen atoms in total. The number of hydrogen-bond acceptors (Lipinski definition) is 2. The van der Waals surface area contributed by atoms with Gasteiger partial charge in [-0.15, -0.1) is 0 Å². The largest absolute Gasteiger partial charge is 0.375 e. The Labute approximate surface area is 91.2 Å². The molecule has 0 radical (unpaired) electrons. The fourth-order valence-corrected chi connectivity index (χ4v) is 1.63. The first-order chi connectivity index (χ1) is 6.24. The average Bonchev–Trinajstić information content (AvgIpc) is 2.09. The maximum Gasteiger partial charge on any atom is 0.0731 e. The summed E-state index contributed by atoms with van der Waals surface area (Å²) in [5.74, 6) is 0. The number of ether oxygens (including phenoxy) is 1. The number of hydrogen-bond donors (Lipinski definition) is 1. The van der Waals surface area contributed by atoms with Crippen molar-refractivity contribution in [1.82, 2.24) is 0 Å². The van der Waals surface area contributed by atoms with Crippen LogP contribution in [-0.4, -0.2) is 13.2 Å². The molecule has 0 bridgehead atoms. The number of nitrogens with two attached hydrogens (primary N) is 1. The third-order valence-corrected chi connectivity index (χ3v) is 2.38. The van der Waals surface area contributed by atoms with Gasteiger partial charge in [0.2, 0.25) is 0 Å². The molecule has 1 aromatic carbocycles. The highest BCUT2D eigenvalue weighted by Crippen LogP contribution is 2.21. The lowest BCUT2D eigenvalue weighted by Crippen LogP contribution is -2.08. The normalized spacial score (nSPS) is 10.4. The fourth-order valence-electron chi connectivity index (χ4n) is 0.904. The Morgan fingerprint density at radius 1 is 1.46 bits per heavy atom. The standard InChI is InChI=1S/C9H11BrClNO/c10-8-2-1-7(9(11)5-8)6-13-4-3-12/h1-2,5H,3-4,6,12H2. The monoisotopic (exact) mass is 263 g/mol. The summed E-state index contributed by atoms with van der Waals surface area (Å²) in [6, 6.07) is 5.72. The second-order valence-electron chi connectivity index (χ2n) is 2.58. The van der Waals surface area contributed by atoms with Crippen molar-refractivity contribution >= 4 is 27.5 Å². The Morgan fingerprint density at radius 3 is 2.85 bits per heavy atom. The van der Waals surface area contributed by atoms with Gasteiger partial charge in [-0.2, -0.15) is 0 Å². The Hall–Kier alpha value is -0.0900. The molecule has 0 aliphatic heterocycles. The van der Waals surface area contributed by atoms with Gasteiger partial charge >= 0.3 is 0 Å². The van der Waals surface area contributed by atoms with Gasteiger partial charge in [-0.25, -0.2) is 0 Å². The molecule has 0 aromatic heterocycles. The van der Waals surface area contributed by atoms with Gasteiger partial charge in [0, 0.05) is 16.0 Å².